The van der Waals surface area contributed by atoms with Crippen LogP contribution in [0.5, 0.6) is 0 Å². The van der Waals surface area contributed by atoms with Gasteiger partial charge in [0.25, 0.3) is 0 Å². The number of nitrogens with two attached hydrogens (primary N) is 1. The van der Waals surface area contributed by atoms with Crippen LogP contribution in [0, 0.1) is 47.3 Å². The zero-order valence-electron chi connectivity index (χ0n) is 89.7. The second-order valence-electron chi connectivity index (χ2n) is 46.9. The molecule has 0 atom stereocenters. The molecule has 16 N–H and O–H groups in total. The van der Waals surface area contributed by atoms with Gasteiger partial charge in [0.05, 0.1) is 77.3 Å². The van der Waals surface area contributed by atoms with E-state index in [2.05, 4.69) is 163 Å². The second-order valence-corrected chi connectivity index (χ2v) is 46.9. The monoisotopic (exact) mass is 1900 g/mol. The number of piperidine rings is 3. The van der Waals surface area contributed by atoms with Crippen molar-refractivity contribution in [1.82, 2.24) is 65.8 Å². The molecule has 0 aromatic carbocycles. The lowest BCUT2D eigenvalue weighted by atomic mass is 9.79. The van der Waals surface area contributed by atoms with E-state index in [1.165, 1.54) is 142 Å². The van der Waals surface area contributed by atoms with Crippen molar-refractivity contribution in [3.05, 3.63) is 0 Å². The summed E-state index contributed by atoms with van der Waals surface area (Å²) in [5, 5.41) is 110. The number of β-amino-alcohol motifs (C(OH)–C–C–N with tert-alkyl or cyclic N) is 1. The fourth-order valence-corrected chi connectivity index (χ4v) is 22.4. The van der Waals surface area contributed by atoms with Crippen LogP contribution in [0.15, 0.2) is 0 Å². The van der Waals surface area contributed by atoms with Gasteiger partial charge in [-0.1, -0.05) is 89.5 Å². The topological polar surface area (TPSA) is 313 Å². The molecule has 134 heavy (non-hydrogen) atoms. The number of nitrogens with zero attached hydrogens (tertiary/aromatic N) is 8. The third-order valence-corrected chi connectivity index (χ3v) is 34.1. The molecule has 0 unspecified atom stereocenters. The Labute approximate surface area is 823 Å². The number of morpholine rings is 2. The summed E-state index contributed by atoms with van der Waals surface area (Å²) in [5.74, 6) is 6.35. The number of rotatable bonds is 37. The zero-order chi connectivity index (χ0) is 97.8. The SMILES string of the molecule is CC1CCC(O)(CN(C)C2CCN(C)CC2)CC1.CC1CCC(O)(CN)CC1.CC1CCC(O)(CN2CCC(O)CC2)CC1.CC1CCC(O)(CNCCCN2CCOCC2)CC1.CC1CCC(O)(CNCCN2CCCCC2)CC1.CC1CCC(O)(CNCCN2CCOCC2)CC1.CCN(CC)CCCNCC1(O)CCC(C)CC1.CCN(CC)CCNCC1(O)CCC(C)CC1. The summed E-state index contributed by atoms with van der Waals surface area (Å²) in [6.07, 6.45) is 44.6. The second kappa shape index (κ2) is 66.2. The summed E-state index contributed by atoms with van der Waals surface area (Å²) >= 11 is 0. The van der Waals surface area contributed by atoms with E-state index < -0.39 is 44.8 Å². The first kappa shape index (κ1) is 122. The molecule has 13 fully saturated rings. The number of ether oxygens (including phenoxy) is 2. The maximum Gasteiger partial charge on any atom is 0.0774 e. The minimum Gasteiger partial charge on any atom is -0.393 e. The number of likely N-dealkylation sites (tertiary alicyclic amines) is 3. The quantitative estimate of drug-likeness (QED) is 0.0257. The number of aliphatic hydroxyl groups excluding tert-OH is 1. The summed E-state index contributed by atoms with van der Waals surface area (Å²) in [6, 6.07) is 0.671. The Hall–Kier alpha value is -1.00. The van der Waals surface area contributed by atoms with Crippen molar-refractivity contribution in [2.75, 3.05) is 250 Å². The lowest BCUT2D eigenvalue weighted by molar-refractivity contribution is -0.0458. The minimum absolute atomic E-state index is 0.114. The number of hydrogen-bond donors (Lipinski definition) is 15. The standard InChI is InChI=1S/C15H30N2O2.2C15H30N2O.C15H32N2O.C14H28N2O2.C14H30N2O.C13H25NO2.C8H17NO/c1-14-3-5-15(18,6-4-14)13-16-7-2-8-17-9-11-19-12-10-17;1-13-4-8-15(18,9-5-13)12-17(3)14-6-10-16(2)11-7-14;1-14-5-7-15(18,8-6-14)13-16-9-12-17-10-3-2-4-11-17;1-4-17(5-2)12-6-11-16-13-15(18)9-7-14(3)8-10-15;1-13-2-4-14(17,5-3-13)12-15-6-7-16-8-10-18-11-9-16;1-4-16(5-2)11-10-15-12-14(17)8-6-13(3)7-9-14;1-11-2-6-13(16,7-3-11)10-14-8-4-12(15)5-9-14;1-7-2-4-8(10,6-9)5-3-7/h14,16,18H,2-13H2,1H3;13-14,18H,4-12H2,1-3H3;14,16,18H,2-13H2,1H3;14,16,18H,4-13H2,1-3H3;13,15,17H,2-12H2,1H3;13,15,17H,4-12H2,1-3H3;11-12,15-16H,2-10H2,1H3;7,10H,2-6,9H2,1H3. The summed E-state index contributed by atoms with van der Waals surface area (Å²) in [5.41, 5.74) is 1.88. The normalized spacial score (nSPS) is 34.3. The number of nitrogens with one attached hydrogen (secondary N) is 5. The molecular weight excluding hydrogens is 1680 g/mol. The molecule has 0 radical (unpaired) electrons. The highest BCUT2D eigenvalue weighted by Gasteiger charge is 2.40. The van der Waals surface area contributed by atoms with Crippen molar-refractivity contribution in [3.8, 4) is 0 Å². The van der Waals surface area contributed by atoms with Crippen LogP contribution in [-0.4, -0.2) is 392 Å². The lowest BCUT2D eigenvalue weighted by Crippen LogP contribution is -2.50. The van der Waals surface area contributed by atoms with Gasteiger partial charge in [-0.05, 0) is 397 Å². The Morgan fingerprint density at radius 3 is 0.948 bits per heavy atom. The van der Waals surface area contributed by atoms with Gasteiger partial charge in [0.1, 0.15) is 0 Å². The van der Waals surface area contributed by atoms with Crippen LogP contribution in [0.1, 0.15) is 346 Å². The molecule has 5 saturated heterocycles. The molecule has 8 saturated carbocycles. The predicted molar refractivity (Wildman–Crippen MR) is 559 cm³/mol. The molecule has 13 aliphatic rings. The molecule has 8 aliphatic carbocycles. The summed E-state index contributed by atoms with van der Waals surface area (Å²) < 4.78 is 10.7. The first-order valence-electron chi connectivity index (χ1n) is 56.5. The van der Waals surface area contributed by atoms with Crippen LogP contribution in [0.2, 0.25) is 0 Å². The highest BCUT2D eigenvalue weighted by Crippen LogP contribution is 2.39. The van der Waals surface area contributed by atoms with Crippen molar-refractivity contribution in [1.29, 1.82) is 0 Å². The molecule has 0 bridgehead atoms. The fraction of sp³-hybridized carbons (Fsp3) is 1.00. The number of aliphatic hydroxyl groups is 9. The minimum atomic E-state index is -0.521. The highest BCUT2D eigenvalue weighted by molar-refractivity contribution is 4.95. The molecule has 0 amide bonds. The number of likely N-dealkylation sites (N-methyl/N-ethyl adjacent to an activating group) is 2. The highest BCUT2D eigenvalue weighted by atomic mass is 16.5. The first-order valence-corrected chi connectivity index (χ1v) is 56.5. The van der Waals surface area contributed by atoms with Crippen molar-refractivity contribution >= 4 is 0 Å². The van der Waals surface area contributed by atoms with Gasteiger partial charge >= 0.3 is 0 Å². The van der Waals surface area contributed by atoms with Crippen molar-refractivity contribution < 1.29 is 55.4 Å². The van der Waals surface area contributed by atoms with E-state index in [9.17, 15) is 46.0 Å². The summed E-state index contributed by atoms with van der Waals surface area (Å²) in [4.78, 5) is 19.4. The lowest BCUT2D eigenvalue weighted by Gasteiger charge is -2.42. The molecule has 5 heterocycles. The van der Waals surface area contributed by atoms with Crippen LogP contribution in [0.4, 0.5) is 0 Å². The fourth-order valence-electron chi connectivity index (χ4n) is 22.4. The van der Waals surface area contributed by atoms with E-state index in [1.807, 2.05) is 0 Å². The van der Waals surface area contributed by atoms with Gasteiger partial charge in [0, 0.05) is 137 Å². The van der Waals surface area contributed by atoms with E-state index in [0.29, 0.717) is 12.6 Å². The van der Waals surface area contributed by atoms with Crippen molar-refractivity contribution in [2.45, 2.75) is 403 Å². The largest absolute Gasteiger partial charge is 0.393 e. The molecule has 0 aromatic heterocycles. The first-order chi connectivity index (χ1) is 63.9. The van der Waals surface area contributed by atoms with Crippen LogP contribution in [0.25, 0.3) is 0 Å². The van der Waals surface area contributed by atoms with Crippen LogP contribution < -0.4 is 32.3 Å². The molecule has 25 nitrogen and oxygen atoms in total. The van der Waals surface area contributed by atoms with E-state index in [-0.39, 0.29) is 6.10 Å². The average Bonchev–Trinajstić information content (AvgIpc) is 0.827. The van der Waals surface area contributed by atoms with Gasteiger partial charge in [-0.3, -0.25) is 9.80 Å². The molecule has 0 aromatic rings. The number of hydrogen-bond acceptors (Lipinski definition) is 25. The Morgan fingerprint density at radius 1 is 0.313 bits per heavy atom. The third-order valence-electron chi connectivity index (χ3n) is 34.1. The molecule has 0 spiro atoms. The van der Waals surface area contributed by atoms with Crippen LogP contribution in [-0.2, 0) is 9.47 Å². The average molecular weight is 1910 g/mol. The zero-order valence-corrected chi connectivity index (χ0v) is 89.7. The van der Waals surface area contributed by atoms with Gasteiger partial charge in [-0.15, -0.1) is 0 Å². The van der Waals surface area contributed by atoms with Crippen LogP contribution in [0.3, 0.4) is 0 Å². The Bertz CT molecular complexity index is 2750. The predicted octanol–water partition coefficient (Wildman–Crippen LogP) is 12.4. The van der Waals surface area contributed by atoms with E-state index in [1.54, 1.807) is 0 Å². The van der Waals surface area contributed by atoms with E-state index in [0.717, 1.165) is 398 Å². The maximum absolute atomic E-state index is 10.7. The van der Waals surface area contributed by atoms with Gasteiger partial charge < -0.3 is 117 Å². The Balaban J connectivity index is 0.000000236. The summed E-state index contributed by atoms with van der Waals surface area (Å²) in [7, 11) is 4.40. The molecule has 13 rings (SSSR count). The van der Waals surface area contributed by atoms with E-state index >= 15 is 0 Å². The molecule has 25 heteroatoms. The van der Waals surface area contributed by atoms with Gasteiger partial charge in [-0.25, -0.2) is 0 Å². The van der Waals surface area contributed by atoms with Crippen molar-refractivity contribution in [2.24, 2.45) is 53.1 Å². The maximum atomic E-state index is 10.7. The van der Waals surface area contributed by atoms with Crippen molar-refractivity contribution in [3.63, 3.8) is 0 Å². The van der Waals surface area contributed by atoms with Gasteiger partial charge in [-0.2, -0.15) is 0 Å². The van der Waals surface area contributed by atoms with Crippen LogP contribution >= 0.6 is 0 Å². The van der Waals surface area contributed by atoms with E-state index in [4.69, 9.17) is 15.2 Å². The third kappa shape index (κ3) is 52.2. The molecular formula is C109H222N14O11. The van der Waals surface area contributed by atoms with Gasteiger partial charge in [0.15, 0.2) is 0 Å². The molecule has 794 valence electrons. The summed E-state index contributed by atoms with van der Waals surface area (Å²) in [6.45, 7) is 62.7. The molecule has 5 aliphatic heterocycles. The Morgan fingerprint density at radius 2 is 0.604 bits per heavy atom. The Kier molecular flexibility index (Phi) is 60.1. The van der Waals surface area contributed by atoms with Gasteiger partial charge in [0.2, 0.25) is 0 Å². The smallest absolute Gasteiger partial charge is 0.0774 e.